The molecule has 0 unspecified atom stereocenters. The predicted octanol–water partition coefficient (Wildman–Crippen LogP) is 4.97. The number of hydrogen-bond acceptors (Lipinski definition) is 2. The molecule has 3 nitrogen and oxygen atoms in total. The molecule has 25 heavy (non-hydrogen) atoms. The Kier molecular flexibility index (Phi) is 4.08. The van der Waals surface area contributed by atoms with Crippen LogP contribution in [-0.2, 0) is 30.5 Å². The van der Waals surface area contributed by atoms with E-state index >= 15 is 0 Å². The molecule has 1 amide bonds. The quantitative estimate of drug-likeness (QED) is 0.732. The fourth-order valence-electron chi connectivity index (χ4n) is 3.84. The average Bonchev–Trinajstić information content (AvgIpc) is 3.21. The molecule has 0 aliphatic heterocycles. The normalized spacial score (nSPS) is 13.2. The van der Waals surface area contributed by atoms with Crippen LogP contribution < -0.4 is 5.32 Å². The van der Waals surface area contributed by atoms with Gasteiger partial charge in [-0.2, -0.15) is 0 Å². The molecular weight excluding hydrogens is 310 g/mol. The molecule has 1 aromatic heterocycles. The third-order valence-electron chi connectivity index (χ3n) is 5.22. The van der Waals surface area contributed by atoms with Crippen LogP contribution in [0, 0.1) is 6.92 Å². The van der Waals surface area contributed by atoms with Crippen molar-refractivity contribution < 1.29 is 9.21 Å². The van der Waals surface area contributed by atoms with E-state index in [2.05, 4.69) is 30.4 Å². The average molecular weight is 333 g/mol. The summed E-state index contributed by atoms with van der Waals surface area (Å²) in [4.78, 5) is 12.6. The molecule has 1 heterocycles. The Morgan fingerprint density at radius 2 is 1.96 bits per heavy atom. The van der Waals surface area contributed by atoms with Gasteiger partial charge in [-0.05, 0) is 67.0 Å². The Balaban J connectivity index is 1.59. The Morgan fingerprint density at radius 3 is 2.76 bits per heavy atom. The fourth-order valence-corrected chi connectivity index (χ4v) is 3.84. The van der Waals surface area contributed by atoms with Crippen molar-refractivity contribution in [1.29, 1.82) is 0 Å². The van der Waals surface area contributed by atoms with Crippen LogP contribution >= 0.6 is 0 Å². The summed E-state index contributed by atoms with van der Waals surface area (Å²) < 4.78 is 5.71. The maximum Gasteiger partial charge on any atom is 0.228 e. The topological polar surface area (TPSA) is 42.2 Å². The number of carbonyl (C=O) groups is 1. The number of furan rings is 1. The van der Waals surface area contributed by atoms with Gasteiger partial charge in [0, 0.05) is 16.6 Å². The summed E-state index contributed by atoms with van der Waals surface area (Å²) in [6.45, 7) is 4.14. The van der Waals surface area contributed by atoms with E-state index in [0.717, 1.165) is 47.0 Å². The summed E-state index contributed by atoms with van der Waals surface area (Å²) >= 11 is 0. The van der Waals surface area contributed by atoms with Gasteiger partial charge in [0.25, 0.3) is 0 Å². The van der Waals surface area contributed by atoms with Crippen LogP contribution in [-0.4, -0.2) is 5.91 Å². The van der Waals surface area contributed by atoms with E-state index in [1.807, 2.05) is 19.1 Å². The minimum Gasteiger partial charge on any atom is -0.464 e. The van der Waals surface area contributed by atoms with Gasteiger partial charge < -0.3 is 9.73 Å². The first kappa shape index (κ1) is 15.9. The lowest BCUT2D eigenvalue weighted by molar-refractivity contribution is -0.115. The number of amides is 1. The second-order valence-corrected chi connectivity index (χ2v) is 6.92. The number of rotatable bonds is 4. The highest BCUT2D eigenvalue weighted by Gasteiger charge is 2.17. The monoisotopic (exact) mass is 333 g/mol. The molecule has 3 aromatic rings. The Labute approximate surface area is 148 Å². The van der Waals surface area contributed by atoms with Crippen molar-refractivity contribution in [1.82, 2.24) is 0 Å². The molecule has 0 saturated heterocycles. The Morgan fingerprint density at radius 1 is 1.16 bits per heavy atom. The van der Waals surface area contributed by atoms with Gasteiger partial charge in [-0.3, -0.25) is 4.79 Å². The number of anilines is 1. The van der Waals surface area contributed by atoms with Gasteiger partial charge in [0.05, 0.1) is 12.7 Å². The second-order valence-electron chi connectivity index (χ2n) is 6.92. The molecule has 1 aliphatic carbocycles. The summed E-state index contributed by atoms with van der Waals surface area (Å²) in [6.07, 6.45) is 6.45. The third kappa shape index (κ3) is 2.95. The van der Waals surface area contributed by atoms with Gasteiger partial charge in [-0.1, -0.05) is 25.1 Å². The van der Waals surface area contributed by atoms with E-state index in [4.69, 9.17) is 4.42 Å². The van der Waals surface area contributed by atoms with E-state index in [0.29, 0.717) is 6.42 Å². The molecule has 0 spiro atoms. The molecule has 2 aromatic carbocycles. The predicted molar refractivity (Wildman–Crippen MR) is 101 cm³/mol. The standard InChI is InChI=1S/C22H23NO2/c1-3-15-7-4-6-14(2)22(15)23-21(24)12-18-13-25-20-11-17-9-5-8-16(17)10-19(18)20/h4,6-7,10-11,13H,3,5,8-9,12H2,1-2H3,(H,23,24). The molecule has 4 rings (SSSR count). The lowest BCUT2D eigenvalue weighted by Crippen LogP contribution is -2.16. The zero-order chi connectivity index (χ0) is 17.4. The lowest BCUT2D eigenvalue weighted by atomic mass is 10.0. The van der Waals surface area contributed by atoms with Gasteiger partial charge >= 0.3 is 0 Å². The highest BCUT2D eigenvalue weighted by Crippen LogP contribution is 2.31. The molecule has 0 saturated carbocycles. The second kappa shape index (κ2) is 6.40. The number of nitrogens with one attached hydrogen (secondary N) is 1. The van der Waals surface area contributed by atoms with Crippen LogP contribution in [0.4, 0.5) is 5.69 Å². The first-order valence-electron chi connectivity index (χ1n) is 9.06. The third-order valence-corrected chi connectivity index (χ3v) is 5.22. The Bertz CT molecular complexity index is 952. The number of benzene rings is 2. The van der Waals surface area contributed by atoms with Crippen LogP contribution in [0.2, 0.25) is 0 Å². The summed E-state index contributed by atoms with van der Waals surface area (Å²) in [5, 5.41) is 4.18. The smallest absolute Gasteiger partial charge is 0.228 e. The van der Waals surface area contributed by atoms with Crippen molar-refractivity contribution in [3.05, 3.63) is 64.4 Å². The summed E-state index contributed by atoms with van der Waals surface area (Å²) in [7, 11) is 0. The first-order valence-corrected chi connectivity index (χ1v) is 9.06. The summed E-state index contributed by atoms with van der Waals surface area (Å²) in [6, 6.07) is 10.5. The number of carbonyl (C=O) groups excluding carboxylic acids is 1. The van der Waals surface area contributed by atoms with Gasteiger partial charge in [0.15, 0.2) is 0 Å². The van der Waals surface area contributed by atoms with E-state index in [1.165, 1.54) is 23.1 Å². The lowest BCUT2D eigenvalue weighted by Gasteiger charge is -2.12. The minimum atomic E-state index is 0.00667. The van der Waals surface area contributed by atoms with Crippen molar-refractivity contribution in [2.24, 2.45) is 0 Å². The van der Waals surface area contributed by atoms with Crippen LogP contribution in [0.3, 0.4) is 0 Å². The molecule has 0 fully saturated rings. The van der Waals surface area contributed by atoms with E-state index in [1.54, 1.807) is 6.26 Å². The van der Waals surface area contributed by atoms with E-state index < -0.39 is 0 Å². The van der Waals surface area contributed by atoms with Gasteiger partial charge in [-0.15, -0.1) is 0 Å². The Hall–Kier alpha value is -2.55. The van der Waals surface area contributed by atoms with Crippen LogP contribution in [0.25, 0.3) is 11.0 Å². The van der Waals surface area contributed by atoms with Crippen molar-refractivity contribution in [3.63, 3.8) is 0 Å². The van der Waals surface area contributed by atoms with E-state index in [9.17, 15) is 4.79 Å². The minimum absolute atomic E-state index is 0.00667. The van der Waals surface area contributed by atoms with Crippen LogP contribution in [0.5, 0.6) is 0 Å². The molecule has 1 N–H and O–H groups in total. The number of fused-ring (bicyclic) bond motifs is 2. The maximum absolute atomic E-state index is 12.6. The van der Waals surface area contributed by atoms with Crippen LogP contribution in [0.1, 0.15) is 41.2 Å². The summed E-state index contributed by atoms with van der Waals surface area (Å²) in [5.41, 5.74) is 7.88. The zero-order valence-corrected chi connectivity index (χ0v) is 14.8. The molecule has 0 radical (unpaired) electrons. The van der Waals surface area contributed by atoms with Crippen molar-refractivity contribution >= 4 is 22.6 Å². The van der Waals surface area contributed by atoms with Gasteiger partial charge in [-0.25, -0.2) is 0 Å². The van der Waals surface area contributed by atoms with Crippen molar-refractivity contribution in [2.45, 2.75) is 46.0 Å². The van der Waals surface area contributed by atoms with Gasteiger partial charge in [0.2, 0.25) is 5.91 Å². The van der Waals surface area contributed by atoms with Crippen LogP contribution in [0.15, 0.2) is 41.0 Å². The summed E-state index contributed by atoms with van der Waals surface area (Å²) in [5.74, 6) is 0.00667. The highest BCUT2D eigenvalue weighted by molar-refractivity contribution is 5.96. The van der Waals surface area contributed by atoms with E-state index in [-0.39, 0.29) is 5.91 Å². The number of para-hydroxylation sites is 1. The molecule has 1 aliphatic rings. The SMILES string of the molecule is CCc1cccc(C)c1NC(=O)Cc1coc2cc3c(cc12)CCC3. The largest absolute Gasteiger partial charge is 0.464 e. The molecule has 3 heteroatoms. The van der Waals surface area contributed by atoms with Crippen molar-refractivity contribution in [3.8, 4) is 0 Å². The first-order chi connectivity index (χ1) is 12.2. The zero-order valence-electron chi connectivity index (χ0n) is 14.8. The fraction of sp³-hybridized carbons (Fsp3) is 0.318. The van der Waals surface area contributed by atoms with Gasteiger partial charge in [0.1, 0.15) is 5.58 Å². The molecule has 0 bridgehead atoms. The number of hydrogen-bond donors (Lipinski definition) is 1. The van der Waals surface area contributed by atoms with Crippen molar-refractivity contribution in [2.75, 3.05) is 5.32 Å². The molecule has 0 atom stereocenters. The molecular formula is C22H23NO2. The molecule has 128 valence electrons. The number of aryl methyl sites for hydroxylation is 4. The maximum atomic E-state index is 12.6. The highest BCUT2D eigenvalue weighted by atomic mass is 16.3.